The molecule has 6 N–H and O–H groups in total. The average Bonchev–Trinajstić information content (AvgIpc) is 3.16. The van der Waals surface area contributed by atoms with Crippen LogP contribution in [0.5, 0.6) is 0 Å². The molecule has 5 aromatic rings. The zero-order chi connectivity index (χ0) is 33.7. The fourth-order valence-corrected chi connectivity index (χ4v) is 7.52. The highest BCUT2D eigenvalue weighted by molar-refractivity contribution is 5.32. The maximum atomic E-state index is 6.05. The summed E-state index contributed by atoms with van der Waals surface area (Å²) in [5, 5.41) is 0. The standard InChI is InChI=1S/C45H55N3/c1-3-37(41-22-16-35(31-47)17-23-41)27-44(40-12-8-5-9-13-40)29-45(42-24-18-36(32-48)19-25-42)28-43(39-10-6-4-7-11-39)26-33(2)38-20-14-34(30-46)15-21-38/h4-25,33,37,43-45H,3,26-32,46-48H2,1-2H3. The molecule has 0 aliphatic carbocycles. The van der Waals surface area contributed by atoms with Gasteiger partial charge in [-0.2, -0.15) is 0 Å². The van der Waals surface area contributed by atoms with Crippen LogP contribution in [0.25, 0.3) is 0 Å². The molecule has 0 aliphatic rings. The Labute approximate surface area is 289 Å². The first kappa shape index (κ1) is 35.3. The minimum atomic E-state index is 0.385. The molecule has 0 spiro atoms. The first-order chi connectivity index (χ1) is 23.5. The van der Waals surface area contributed by atoms with Crippen LogP contribution in [0.4, 0.5) is 0 Å². The van der Waals surface area contributed by atoms with Gasteiger partial charge in [-0.05, 0) is 106 Å². The summed E-state index contributed by atoms with van der Waals surface area (Å²) in [6.07, 6.45) is 5.48. The van der Waals surface area contributed by atoms with E-state index in [1.165, 1.54) is 44.5 Å². The predicted molar refractivity (Wildman–Crippen MR) is 204 cm³/mol. The fraction of sp³-hybridized carbons (Fsp3) is 0.333. The second kappa shape index (κ2) is 17.9. The van der Waals surface area contributed by atoms with Gasteiger partial charge in [0.15, 0.2) is 0 Å². The monoisotopic (exact) mass is 637 g/mol. The SMILES string of the molecule is CCC(CC(CC(CC(CC(C)c1ccc(CN)cc1)c1ccccc1)c1ccc(CN)cc1)c1ccccc1)c1ccc(CN)cc1. The second-order valence-corrected chi connectivity index (χ2v) is 13.7. The molecule has 0 heterocycles. The van der Waals surface area contributed by atoms with Gasteiger partial charge in [-0.15, -0.1) is 0 Å². The molecule has 0 radical (unpaired) electrons. The summed E-state index contributed by atoms with van der Waals surface area (Å²) >= 11 is 0. The van der Waals surface area contributed by atoms with Crippen molar-refractivity contribution in [1.82, 2.24) is 0 Å². The summed E-state index contributed by atoms with van der Waals surface area (Å²) in [6, 6.07) is 49.5. The lowest BCUT2D eigenvalue weighted by molar-refractivity contribution is 0.406. The van der Waals surface area contributed by atoms with Gasteiger partial charge in [0.25, 0.3) is 0 Å². The third-order valence-corrected chi connectivity index (χ3v) is 10.5. The van der Waals surface area contributed by atoms with E-state index in [1.54, 1.807) is 0 Å². The predicted octanol–water partition coefficient (Wildman–Crippen LogP) is 10.3. The minimum absolute atomic E-state index is 0.385. The lowest BCUT2D eigenvalue weighted by Crippen LogP contribution is -2.15. The van der Waals surface area contributed by atoms with E-state index < -0.39 is 0 Å². The molecule has 48 heavy (non-hydrogen) atoms. The topological polar surface area (TPSA) is 78.1 Å². The normalized spacial score (nSPS) is 14.6. The van der Waals surface area contributed by atoms with Crippen molar-refractivity contribution in [1.29, 1.82) is 0 Å². The Bertz CT molecular complexity index is 1610. The molecule has 0 bridgehead atoms. The van der Waals surface area contributed by atoms with Crippen LogP contribution in [0.3, 0.4) is 0 Å². The Balaban J connectivity index is 1.49. The van der Waals surface area contributed by atoms with Crippen molar-refractivity contribution in [3.63, 3.8) is 0 Å². The van der Waals surface area contributed by atoms with Crippen LogP contribution >= 0.6 is 0 Å². The molecule has 5 unspecified atom stereocenters. The summed E-state index contributed by atoms with van der Waals surface area (Å²) in [4.78, 5) is 0. The second-order valence-electron chi connectivity index (χ2n) is 13.7. The Morgan fingerprint density at radius 1 is 0.375 bits per heavy atom. The van der Waals surface area contributed by atoms with Gasteiger partial charge in [-0.1, -0.05) is 147 Å². The number of hydrogen-bond acceptors (Lipinski definition) is 3. The quantitative estimate of drug-likeness (QED) is 0.0949. The van der Waals surface area contributed by atoms with Crippen molar-refractivity contribution in [3.8, 4) is 0 Å². The zero-order valence-electron chi connectivity index (χ0n) is 29.0. The molecule has 5 atom stereocenters. The highest BCUT2D eigenvalue weighted by Crippen LogP contribution is 2.44. The lowest BCUT2D eigenvalue weighted by atomic mass is 9.73. The van der Waals surface area contributed by atoms with E-state index >= 15 is 0 Å². The van der Waals surface area contributed by atoms with E-state index in [2.05, 4.69) is 147 Å². The van der Waals surface area contributed by atoms with Crippen LogP contribution in [0, 0.1) is 0 Å². The maximum absolute atomic E-state index is 6.05. The molecule has 3 nitrogen and oxygen atoms in total. The van der Waals surface area contributed by atoms with Gasteiger partial charge < -0.3 is 17.2 Å². The summed E-state index contributed by atoms with van der Waals surface area (Å²) in [5.41, 5.74) is 28.5. The van der Waals surface area contributed by atoms with Gasteiger partial charge >= 0.3 is 0 Å². The van der Waals surface area contributed by atoms with E-state index in [9.17, 15) is 0 Å². The lowest BCUT2D eigenvalue weighted by Gasteiger charge is -2.31. The molecule has 0 fully saturated rings. The van der Waals surface area contributed by atoms with E-state index in [0.29, 0.717) is 49.2 Å². The number of benzene rings is 5. The van der Waals surface area contributed by atoms with Crippen LogP contribution < -0.4 is 17.2 Å². The largest absolute Gasteiger partial charge is 0.326 e. The summed E-state index contributed by atoms with van der Waals surface area (Å²) in [7, 11) is 0. The molecule has 3 heteroatoms. The smallest absolute Gasteiger partial charge is 0.0178 e. The van der Waals surface area contributed by atoms with Gasteiger partial charge in [0.05, 0.1) is 0 Å². The molecule has 0 aromatic heterocycles. The van der Waals surface area contributed by atoms with Crippen molar-refractivity contribution in [3.05, 3.63) is 178 Å². The summed E-state index contributed by atoms with van der Waals surface area (Å²) in [6.45, 7) is 6.43. The zero-order valence-corrected chi connectivity index (χ0v) is 29.0. The Morgan fingerprint density at radius 3 is 1.06 bits per heavy atom. The average molecular weight is 638 g/mol. The Hall–Kier alpha value is -4.02. The molecule has 0 saturated carbocycles. The third kappa shape index (κ3) is 9.54. The number of rotatable bonds is 17. The highest BCUT2D eigenvalue weighted by atomic mass is 14.5. The first-order valence-corrected chi connectivity index (χ1v) is 18.0. The Kier molecular flexibility index (Phi) is 13.2. The first-order valence-electron chi connectivity index (χ1n) is 18.0. The van der Waals surface area contributed by atoms with Crippen molar-refractivity contribution >= 4 is 0 Å². The number of hydrogen-bond donors (Lipinski definition) is 3. The van der Waals surface area contributed by atoms with E-state index in [0.717, 1.165) is 32.1 Å². The molecule has 250 valence electrons. The molecule has 0 saturated heterocycles. The number of nitrogens with two attached hydrogens (primary N) is 3. The molecular weight excluding hydrogens is 583 g/mol. The van der Waals surface area contributed by atoms with Crippen LogP contribution in [-0.2, 0) is 19.6 Å². The van der Waals surface area contributed by atoms with Gasteiger partial charge in [0, 0.05) is 19.6 Å². The highest BCUT2D eigenvalue weighted by Gasteiger charge is 2.27. The molecule has 0 aliphatic heterocycles. The van der Waals surface area contributed by atoms with E-state index in [4.69, 9.17) is 17.2 Å². The van der Waals surface area contributed by atoms with Crippen molar-refractivity contribution < 1.29 is 0 Å². The Morgan fingerprint density at radius 2 is 0.688 bits per heavy atom. The van der Waals surface area contributed by atoms with Crippen LogP contribution in [0.2, 0.25) is 0 Å². The van der Waals surface area contributed by atoms with Crippen molar-refractivity contribution in [2.75, 3.05) is 0 Å². The van der Waals surface area contributed by atoms with Crippen LogP contribution in [0.15, 0.2) is 133 Å². The van der Waals surface area contributed by atoms with Gasteiger partial charge in [0.1, 0.15) is 0 Å². The minimum Gasteiger partial charge on any atom is -0.326 e. The van der Waals surface area contributed by atoms with Gasteiger partial charge in [0.2, 0.25) is 0 Å². The van der Waals surface area contributed by atoms with Crippen molar-refractivity contribution in [2.24, 2.45) is 17.2 Å². The van der Waals surface area contributed by atoms with E-state index in [1.807, 2.05) is 0 Å². The molecule has 5 rings (SSSR count). The van der Waals surface area contributed by atoms with Crippen molar-refractivity contribution in [2.45, 2.75) is 95.2 Å². The van der Waals surface area contributed by atoms with Crippen LogP contribution in [-0.4, -0.2) is 0 Å². The van der Waals surface area contributed by atoms with Crippen LogP contribution in [0.1, 0.15) is 120 Å². The summed E-state index contributed by atoms with van der Waals surface area (Å²) in [5.74, 6) is 2.12. The third-order valence-electron chi connectivity index (χ3n) is 10.5. The summed E-state index contributed by atoms with van der Waals surface area (Å²) < 4.78 is 0. The van der Waals surface area contributed by atoms with E-state index in [-0.39, 0.29) is 0 Å². The molecule has 0 amide bonds. The maximum Gasteiger partial charge on any atom is 0.0178 e. The molecule has 5 aromatic carbocycles. The fourth-order valence-electron chi connectivity index (χ4n) is 7.52. The van der Waals surface area contributed by atoms with Gasteiger partial charge in [-0.25, -0.2) is 0 Å². The molecular formula is C45H55N3. The van der Waals surface area contributed by atoms with Gasteiger partial charge in [-0.3, -0.25) is 0 Å².